The van der Waals surface area contributed by atoms with Gasteiger partial charge in [0.1, 0.15) is 38.1 Å². The summed E-state index contributed by atoms with van der Waals surface area (Å²) < 4.78 is 121. The Hall–Kier alpha value is -4.17. The fourth-order valence-electron chi connectivity index (χ4n) is 2.15. The second kappa shape index (κ2) is 49.1. The summed E-state index contributed by atoms with van der Waals surface area (Å²) in [6, 6.07) is 3.77. The number of carbonyl (C=O) groups is 1. The first kappa shape index (κ1) is 97.4. The number of Topliss-reactive ketones (excluding diaryl/α,β-unsaturated/α-hetero) is 1. The van der Waals surface area contributed by atoms with Crippen LogP contribution < -0.4 is 10.9 Å². The zero-order valence-electron chi connectivity index (χ0n) is 44.8. The monoisotopic (exact) mass is 1200 g/mol. The second-order valence-corrected chi connectivity index (χ2v) is 27.9. The van der Waals surface area contributed by atoms with Gasteiger partial charge in [0.25, 0.3) is 5.82 Å². The van der Waals surface area contributed by atoms with E-state index in [1.165, 1.54) is 53.4 Å². The number of pyridine rings is 1. The molecule has 0 spiro atoms. The Morgan fingerprint density at radius 3 is 1.26 bits per heavy atom. The van der Waals surface area contributed by atoms with Gasteiger partial charge in [-0.05, 0) is 79.9 Å². The van der Waals surface area contributed by atoms with Gasteiger partial charge < -0.3 is 15.1 Å². The Bertz CT molecular complexity index is 2290. The van der Waals surface area contributed by atoms with Gasteiger partial charge in [-0.2, -0.15) is 8.78 Å². The molecule has 3 aromatic heterocycles. The van der Waals surface area contributed by atoms with Crippen LogP contribution >= 0.6 is 11.3 Å². The van der Waals surface area contributed by atoms with Crippen LogP contribution in [-0.2, 0) is 44.3 Å². The van der Waals surface area contributed by atoms with Crippen LogP contribution in [0.4, 0.5) is 24.8 Å². The van der Waals surface area contributed by atoms with Crippen LogP contribution in [0, 0.1) is 22.6 Å². The van der Waals surface area contributed by atoms with Crippen molar-refractivity contribution < 1.29 is 61.1 Å². The van der Waals surface area contributed by atoms with Crippen LogP contribution in [0.25, 0.3) is 4.85 Å². The maximum Gasteiger partial charge on any atom is 0.336 e. The predicted octanol–water partition coefficient (Wildman–Crippen LogP) is 12.8. The maximum atomic E-state index is 11.5. The first-order valence-electron chi connectivity index (χ1n) is 21.7. The number of halogens is 3. The van der Waals surface area contributed by atoms with Crippen molar-refractivity contribution in [3.8, 4) is 0 Å². The highest BCUT2D eigenvalue weighted by molar-refractivity contribution is 7.92. The van der Waals surface area contributed by atoms with Gasteiger partial charge in [0.05, 0.1) is 21.0 Å². The van der Waals surface area contributed by atoms with Crippen molar-refractivity contribution in [3.05, 3.63) is 67.8 Å². The van der Waals surface area contributed by atoms with E-state index >= 15 is 0 Å². The second-order valence-electron chi connectivity index (χ2n) is 17.3. The van der Waals surface area contributed by atoms with Crippen LogP contribution in [0.2, 0.25) is 0 Å². The highest BCUT2D eigenvalue weighted by Gasteiger charge is 2.27. The van der Waals surface area contributed by atoms with Gasteiger partial charge in [-0.25, -0.2) is 43.2 Å². The van der Waals surface area contributed by atoms with Crippen LogP contribution in [0.5, 0.6) is 0 Å². The molecule has 3 heterocycles. The van der Waals surface area contributed by atoms with Crippen LogP contribution in [-0.4, -0.2) is 110 Å². The number of anilines is 1. The minimum atomic E-state index is -4.15. The van der Waals surface area contributed by atoms with E-state index in [1.807, 2.05) is 33.8 Å². The molecule has 0 atom stereocenters. The number of nitro groups is 1. The van der Waals surface area contributed by atoms with Crippen LogP contribution in [0.15, 0.2) is 34.4 Å². The van der Waals surface area contributed by atoms with Crippen LogP contribution in [0.3, 0.4) is 0 Å². The lowest BCUT2D eigenvalue weighted by molar-refractivity contribution is -0.513. The Morgan fingerprint density at radius 2 is 1.16 bits per heavy atom. The molecule has 0 aliphatic carbocycles. The number of primary sulfonamides is 1. The first-order valence-corrected chi connectivity index (χ1v) is 29.5. The number of alkyl halides is 3. The molecule has 0 saturated carbocycles. The molecule has 0 amide bonds. The van der Waals surface area contributed by atoms with Crippen molar-refractivity contribution >= 4 is 68.3 Å². The van der Waals surface area contributed by atoms with E-state index in [0.29, 0.717) is 29.4 Å². The van der Waals surface area contributed by atoms with Gasteiger partial charge in [-0.15, -0.1) is 26.5 Å². The molecule has 0 aromatic carbocycles. The quantitative estimate of drug-likeness (QED) is 0.102. The SMILES string of the molecule is C.C.C.C.C.CC(=O)C(C)C.CC(C)S(=O)(=O)C(F)F.CC(C)S(=O)(=O)CF.CC(C)S(C)(=O)=O.CC(C)S(N)(=O)=O.CC(C)[N+](=O)[O-].CC(C)c1cc(N)no1.CC(C)c1nncs1.[C-]#[N+]c1ccc(C(C)C)cn1. The fourth-order valence-corrected chi connectivity index (χ4v) is 3.38. The lowest BCUT2D eigenvalue weighted by Crippen LogP contribution is -2.22. The summed E-state index contributed by atoms with van der Waals surface area (Å²) in [5.41, 5.74) is 8.25. The third-order valence-electron chi connectivity index (χ3n) is 8.06. The molecular formula is C48H101F3N8O12S5. The summed E-state index contributed by atoms with van der Waals surface area (Å²) in [5, 5.41) is 24.1. The van der Waals surface area contributed by atoms with E-state index in [1.54, 1.807) is 69.8 Å². The summed E-state index contributed by atoms with van der Waals surface area (Å²) >= 11 is 1.61. The highest BCUT2D eigenvalue weighted by atomic mass is 32.2. The smallest absolute Gasteiger partial charge is 0.336 e. The maximum absolute atomic E-state index is 11.5. The van der Waals surface area contributed by atoms with E-state index < -0.39 is 73.1 Å². The summed E-state index contributed by atoms with van der Waals surface area (Å²) in [6.45, 7) is 39.4. The Balaban J connectivity index is -0.0000000694. The van der Waals surface area contributed by atoms with Gasteiger partial charge in [0.15, 0.2) is 21.7 Å². The molecule has 4 N–H and O–H groups in total. The molecule has 0 bridgehead atoms. The molecule has 28 heteroatoms. The van der Waals surface area contributed by atoms with Gasteiger partial charge in [-0.3, -0.25) is 14.9 Å². The Morgan fingerprint density at radius 1 is 0.763 bits per heavy atom. The average Bonchev–Trinajstić information content (AvgIpc) is 3.95. The molecule has 0 aliphatic rings. The zero-order chi connectivity index (χ0) is 58.0. The molecule has 20 nitrogen and oxygen atoms in total. The van der Waals surface area contributed by atoms with E-state index in [4.69, 9.17) is 16.8 Å². The fraction of sp³-hybridized carbons (Fsp3) is 0.750. The number of rotatable bonds is 11. The summed E-state index contributed by atoms with van der Waals surface area (Å²) in [6.07, 6.45) is 3.00. The molecule has 0 aliphatic heterocycles. The van der Waals surface area contributed by atoms with Gasteiger partial charge in [0.2, 0.25) is 25.9 Å². The predicted molar refractivity (Wildman–Crippen MR) is 313 cm³/mol. The number of sulfonamides is 1. The first-order chi connectivity index (χ1) is 31.8. The number of carbonyl (C=O) groups excluding carboxylic acids is 1. The minimum absolute atomic E-state index is 0. The third-order valence-corrected chi connectivity index (χ3v) is 15.6. The number of ketones is 1. The van der Waals surface area contributed by atoms with Crippen LogP contribution in [0.1, 0.15) is 203 Å². The number of nitrogens with two attached hydrogens (primary N) is 2. The summed E-state index contributed by atoms with van der Waals surface area (Å²) in [4.78, 5) is 26.5. The van der Waals surface area contributed by atoms with Crippen molar-refractivity contribution in [1.82, 2.24) is 20.3 Å². The third kappa shape index (κ3) is 56.0. The minimum Gasteiger partial charge on any atom is -0.381 e. The van der Waals surface area contributed by atoms with E-state index in [0.717, 1.165) is 10.8 Å². The van der Waals surface area contributed by atoms with Crippen molar-refractivity contribution in [3.63, 3.8) is 0 Å². The number of hydrogen-bond acceptors (Lipinski definition) is 18. The number of hydrogen-bond donors (Lipinski definition) is 2. The van der Waals surface area contributed by atoms with Gasteiger partial charge in [0, 0.05) is 48.8 Å². The Kier molecular flexibility index (Phi) is 63.0. The van der Waals surface area contributed by atoms with Crippen molar-refractivity contribution in [2.24, 2.45) is 11.1 Å². The zero-order valence-corrected chi connectivity index (χ0v) is 48.9. The van der Waals surface area contributed by atoms with E-state index in [-0.39, 0.29) is 59.0 Å². The highest BCUT2D eigenvalue weighted by Crippen LogP contribution is 2.17. The van der Waals surface area contributed by atoms with E-state index in [9.17, 15) is 61.8 Å². The van der Waals surface area contributed by atoms with Crippen molar-refractivity contribution in [2.75, 3.05) is 18.0 Å². The molecular weight excluding hydrogens is 1100 g/mol. The van der Waals surface area contributed by atoms with Gasteiger partial charge in [-0.1, -0.05) is 110 Å². The largest absolute Gasteiger partial charge is 0.381 e. The molecule has 3 aromatic rings. The van der Waals surface area contributed by atoms with Crippen molar-refractivity contribution in [1.29, 1.82) is 0 Å². The summed E-state index contributed by atoms with van der Waals surface area (Å²) in [5.74, 6) is 0.387. The Labute approximate surface area is 463 Å². The average molecular weight is 1200 g/mol. The number of sulfone groups is 3. The number of aromatic nitrogens is 4. The lowest BCUT2D eigenvalue weighted by Gasteiger charge is -2.03. The number of nitrogens with zero attached hydrogens (tertiary/aromatic N) is 6. The molecule has 0 unspecified atom stereocenters. The lowest BCUT2D eigenvalue weighted by atomic mass is 10.1. The standard InChI is InChI=1S/C9H10N2.C6H10N2O.C5H8N2S.C5H10O.C4H8F2O2S.C4H9FO2S.C4H10O2S.C3H9NO2S.C3H7NO2.5CH4/c1-7(2)8-4-5-9(10-3)11-6-8;1-4(2)5-3-6(7)8-9-5;1-4(2)5-7-6-3-8-5;1-4(2)5(3)6;1-3(2)9(7,8)4(5)6;1-4(2)8(6,7)3-5;1-4(2)7(3,5)6;1-3(2)7(4,5)6;1-3(2)4(5)6;;;;;/h4-7H,1-2H3;3-4H,1-2H3,(H2,7,8);3-4H,1-2H3;4H,1-3H3;3-4H,1-2H3;4H,3H2,1-2H3;4H,1-3H3;3H,1-2H3,(H2,4,5,6);3H,1-2H3;5*1H4. The number of nitrogen functional groups attached to an aromatic ring is 1. The van der Waals surface area contributed by atoms with Gasteiger partial charge >= 0.3 is 5.76 Å². The van der Waals surface area contributed by atoms with E-state index in [2.05, 4.69) is 58.0 Å². The molecule has 76 heavy (non-hydrogen) atoms. The normalized spacial score (nSPS) is 10.4. The van der Waals surface area contributed by atoms with Crippen molar-refractivity contribution in [2.45, 2.75) is 219 Å². The molecule has 0 saturated heterocycles. The molecule has 456 valence electrons. The summed E-state index contributed by atoms with van der Waals surface area (Å²) in [7, 11) is -13.5. The molecule has 0 fully saturated rings. The molecule has 0 radical (unpaired) electrons. The topological polar surface area (TPSA) is 318 Å². The molecule has 3 rings (SSSR count).